The molecule has 1 heterocycles. The Morgan fingerprint density at radius 1 is 1.28 bits per heavy atom. The van der Waals surface area contributed by atoms with E-state index in [0.29, 0.717) is 18.4 Å². The van der Waals surface area contributed by atoms with E-state index in [1.165, 1.54) is 25.7 Å². The first-order chi connectivity index (χ1) is 12.3. The summed E-state index contributed by atoms with van der Waals surface area (Å²) in [6.07, 6.45) is 5.03. The Labute approximate surface area is 148 Å². The monoisotopic (exact) mass is 342 g/mol. The normalized spacial score (nSPS) is 15.4. The quantitative estimate of drug-likeness (QED) is 0.554. The first-order valence-electron chi connectivity index (χ1n) is 8.89. The van der Waals surface area contributed by atoms with Crippen molar-refractivity contribution in [3.63, 3.8) is 0 Å². The van der Waals surface area contributed by atoms with Crippen molar-refractivity contribution in [3.8, 4) is 17.1 Å². The summed E-state index contributed by atoms with van der Waals surface area (Å²) < 4.78 is 5.17. The van der Waals surface area contributed by atoms with Crippen LogP contribution in [0.1, 0.15) is 38.4 Å². The third-order valence-electron chi connectivity index (χ3n) is 4.31. The zero-order valence-electron chi connectivity index (χ0n) is 14.9. The topological polar surface area (TPSA) is 87.2 Å². The summed E-state index contributed by atoms with van der Waals surface area (Å²) in [5.41, 5.74) is 0.947. The fourth-order valence-corrected chi connectivity index (χ4v) is 2.97. The Hall–Kier alpha value is -2.57. The van der Waals surface area contributed by atoms with Gasteiger partial charge in [-0.2, -0.15) is 5.10 Å². The van der Waals surface area contributed by atoms with E-state index in [9.17, 15) is 0 Å². The van der Waals surface area contributed by atoms with Crippen molar-refractivity contribution in [1.29, 1.82) is 0 Å². The lowest BCUT2D eigenvalue weighted by Crippen LogP contribution is -2.42. The lowest BCUT2D eigenvalue weighted by molar-refractivity contribution is 0.415. The highest BCUT2D eigenvalue weighted by atomic mass is 16.5. The smallest absolute Gasteiger partial charge is 0.191 e. The third kappa shape index (κ3) is 4.71. The molecule has 7 heteroatoms. The van der Waals surface area contributed by atoms with Crippen LogP contribution in [0.25, 0.3) is 11.4 Å². The average molecular weight is 342 g/mol. The number of ether oxygens (including phenoxy) is 1. The van der Waals surface area contributed by atoms with E-state index in [1.54, 1.807) is 7.11 Å². The number of H-pyrrole nitrogens is 1. The van der Waals surface area contributed by atoms with Gasteiger partial charge in [0.1, 0.15) is 18.1 Å². The van der Waals surface area contributed by atoms with Crippen molar-refractivity contribution in [2.45, 2.75) is 45.2 Å². The molecule has 1 aromatic carbocycles. The second kappa shape index (κ2) is 8.50. The van der Waals surface area contributed by atoms with Gasteiger partial charge in [0, 0.05) is 18.2 Å². The number of guanidine groups is 1. The molecule has 0 unspecified atom stereocenters. The van der Waals surface area contributed by atoms with Gasteiger partial charge in [0.25, 0.3) is 0 Å². The van der Waals surface area contributed by atoms with Crippen LogP contribution >= 0.6 is 0 Å². The van der Waals surface area contributed by atoms with Gasteiger partial charge in [0.15, 0.2) is 11.8 Å². The van der Waals surface area contributed by atoms with E-state index < -0.39 is 0 Å². The molecule has 134 valence electrons. The average Bonchev–Trinajstić information content (AvgIpc) is 3.32. The number of nitrogens with zero attached hydrogens (tertiary/aromatic N) is 3. The van der Waals surface area contributed by atoms with Crippen LogP contribution in [-0.2, 0) is 6.54 Å². The molecule has 0 spiro atoms. The molecule has 2 aromatic rings. The van der Waals surface area contributed by atoms with Gasteiger partial charge in [-0.25, -0.2) is 9.98 Å². The molecule has 0 radical (unpaired) electrons. The van der Waals surface area contributed by atoms with Crippen LogP contribution in [0.15, 0.2) is 29.3 Å². The van der Waals surface area contributed by atoms with Crippen molar-refractivity contribution >= 4 is 5.96 Å². The van der Waals surface area contributed by atoms with Gasteiger partial charge in [-0.1, -0.05) is 12.8 Å². The molecule has 0 aliphatic heterocycles. The van der Waals surface area contributed by atoms with Crippen molar-refractivity contribution < 1.29 is 4.74 Å². The standard InChI is InChI=1S/C18H26N6O/c1-3-19-18(21-14-6-4-5-7-14)20-12-16-22-17(24-23-16)13-8-10-15(25-2)11-9-13/h8-11,14H,3-7,12H2,1-2H3,(H2,19,20,21)(H,22,23,24). The summed E-state index contributed by atoms with van der Waals surface area (Å²) >= 11 is 0. The lowest BCUT2D eigenvalue weighted by atomic mass is 10.2. The van der Waals surface area contributed by atoms with Crippen LogP contribution in [0.5, 0.6) is 5.75 Å². The fourth-order valence-electron chi connectivity index (χ4n) is 2.97. The van der Waals surface area contributed by atoms with Crippen LogP contribution in [0.3, 0.4) is 0 Å². The maximum Gasteiger partial charge on any atom is 0.191 e. The van der Waals surface area contributed by atoms with Crippen LogP contribution in [0.2, 0.25) is 0 Å². The first kappa shape index (κ1) is 17.3. The SMILES string of the molecule is CCNC(=NCc1nc(-c2ccc(OC)cc2)n[nH]1)NC1CCCC1. The third-order valence-corrected chi connectivity index (χ3v) is 4.31. The molecule has 1 aliphatic rings. The van der Waals surface area contributed by atoms with Gasteiger partial charge in [-0.05, 0) is 44.0 Å². The minimum atomic E-state index is 0.464. The Morgan fingerprint density at radius 3 is 2.72 bits per heavy atom. The number of aromatic nitrogens is 3. The summed E-state index contributed by atoms with van der Waals surface area (Å²) in [5, 5.41) is 14.0. The summed E-state index contributed by atoms with van der Waals surface area (Å²) in [4.78, 5) is 9.15. The molecule has 3 N–H and O–H groups in total. The molecule has 7 nitrogen and oxygen atoms in total. The molecule has 25 heavy (non-hydrogen) atoms. The molecule has 0 atom stereocenters. The number of hydrogen-bond donors (Lipinski definition) is 3. The largest absolute Gasteiger partial charge is 0.497 e. The molecule has 1 saturated carbocycles. The number of aliphatic imine (C=N–C) groups is 1. The molecule has 0 amide bonds. The second-order valence-electron chi connectivity index (χ2n) is 6.16. The summed E-state index contributed by atoms with van der Waals surface area (Å²) in [6, 6.07) is 8.22. The van der Waals surface area contributed by atoms with E-state index >= 15 is 0 Å². The number of benzene rings is 1. The predicted octanol–water partition coefficient (Wildman–Crippen LogP) is 2.48. The van der Waals surface area contributed by atoms with Crippen LogP contribution in [0, 0.1) is 0 Å². The number of hydrogen-bond acceptors (Lipinski definition) is 4. The maximum atomic E-state index is 5.17. The molecule has 1 fully saturated rings. The minimum Gasteiger partial charge on any atom is -0.497 e. The van der Waals surface area contributed by atoms with Crippen molar-refractivity contribution in [1.82, 2.24) is 25.8 Å². The van der Waals surface area contributed by atoms with Gasteiger partial charge < -0.3 is 15.4 Å². The lowest BCUT2D eigenvalue weighted by Gasteiger charge is -2.16. The number of rotatable bonds is 6. The van der Waals surface area contributed by atoms with Crippen molar-refractivity contribution in [2.75, 3.05) is 13.7 Å². The van der Waals surface area contributed by atoms with Crippen LogP contribution in [0.4, 0.5) is 0 Å². The van der Waals surface area contributed by atoms with E-state index in [4.69, 9.17) is 4.74 Å². The molecule has 0 saturated heterocycles. The van der Waals surface area contributed by atoms with Gasteiger partial charge in [-0.15, -0.1) is 0 Å². The Bertz CT molecular complexity index is 688. The highest BCUT2D eigenvalue weighted by Crippen LogP contribution is 2.19. The van der Waals surface area contributed by atoms with Crippen molar-refractivity contribution in [2.24, 2.45) is 4.99 Å². The Kier molecular flexibility index (Phi) is 5.87. The van der Waals surface area contributed by atoms with Gasteiger partial charge in [-0.3, -0.25) is 5.10 Å². The summed E-state index contributed by atoms with van der Waals surface area (Å²) in [6.45, 7) is 3.37. The van der Waals surface area contributed by atoms with Crippen LogP contribution < -0.4 is 15.4 Å². The second-order valence-corrected chi connectivity index (χ2v) is 6.16. The zero-order chi connectivity index (χ0) is 17.5. The highest BCUT2D eigenvalue weighted by molar-refractivity contribution is 5.80. The first-order valence-corrected chi connectivity index (χ1v) is 8.89. The zero-order valence-corrected chi connectivity index (χ0v) is 14.9. The highest BCUT2D eigenvalue weighted by Gasteiger charge is 2.16. The number of methoxy groups -OCH3 is 1. The molecule has 1 aliphatic carbocycles. The summed E-state index contributed by atoms with van der Waals surface area (Å²) in [5.74, 6) is 3.07. The molecular weight excluding hydrogens is 316 g/mol. The molecular formula is C18H26N6O. The van der Waals surface area contributed by atoms with Gasteiger partial charge >= 0.3 is 0 Å². The predicted molar refractivity (Wildman–Crippen MR) is 98.6 cm³/mol. The fraction of sp³-hybridized carbons (Fsp3) is 0.500. The van der Waals surface area contributed by atoms with Crippen molar-refractivity contribution in [3.05, 3.63) is 30.1 Å². The molecule has 0 bridgehead atoms. The maximum absolute atomic E-state index is 5.17. The van der Waals surface area contributed by atoms with E-state index in [2.05, 4.69) is 37.7 Å². The Balaban J connectivity index is 1.63. The number of aromatic amines is 1. The molecule has 3 rings (SSSR count). The van der Waals surface area contributed by atoms with E-state index in [-0.39, 0.29) is 0 Å². The van der Waals surface area contributed by atoms with E-state index in [1.807, 2.05) is 24.3 Å². The number of nitrogens with one attached hydrogen (secondary N) is 3. The van der Waals surface area contributed by atoms with Crippen LogP contribution in [-0.4, -0.2) is 40.8 Å². The van der Waals surface area contributed by atoms with Gasteiger partial charge in [0.05, 0.1) is 7.11 Å². The molecule has 1 aromatic heterocycles. The van der Waals surface area contributed by atoms with E-state index in [0.717, 1.165) is 29.6 Å². The summed E-state index contributed by atoms with van der Waals surface area (Å²) in [7, 11) is 1.65. The Morgan fingerprint density at radius 2 is 2.04 bits per heavy atom. The van der Waals surface area contributed by atoms with Gasteiger partial charge in [0.2, 0.25) is 0 Å². The minimum absolute atomic E-state index is 0.464.